The molecule has 0 aromatic rings. The average Bonchev–Trinajstić information content (AvgIpc) is 3.26. The van der Waals surface area contributed by atoms with Crippen molar-refractivity contribution in [2.45, 2.75) is 223 Å². The molecule has 15 heteroatoms. The fraction of sp³-hybridized carbons (Fsp3) is 0.830. The van der Waals surface area contributed by atoms with Gasteiger partial charge in [-0.1, -0.05) is 134 Å². The van der Waals surface area contributed by atoms with Crippen LogP contribution in [0.25, 0.3) is 0 Å². The second kappa shape index (κ2) is 35.0. The second-order valence-electron chi connectivity index (χ2n) is 16.6. The molecule has 7 N–H and O–H groups in total. The number of carbonyl (C=O) groups is 2. The number of unbranched alkanes of at least 4 members (excludes halogenated alkanes) is 15. The van der Waals surface area contributed by atoms with E-state index in [1.54, 1.807) is 0 Å². The summed E-state index contributed by atoms with van der Waals surface area (Å²) in [4.78, 5) is 25.6. The first-order valence-electron chi connectivity index (χ1n) is 23.6. The van der Waals surface area contributed by atoms with Gasteiger partial charge in [-0.25, -0.2) is 0 Å². The zero-order chi connectivity index (χ0) is 45.4. The summed E-state index contributed by atoms with van der Waals surface area (Å²) in [5.74, 6) is -0.946. The predicted molar refractivity (Wildman–Crippen MR) is 234 cm³/mol. The summed E-state index contributed by atoms with van der Waals surface area (Å²) < 4.78 is 33.4. The van der Waals surface area contributed by atoms with Crippen LogP contribution in [0.5, 0.6) is 0 Å². The molecule has 0 saturated carbocycles. The van der Waals surface area contributed by atoms with Crippen LogP contribution in [0.1, 0.15) is 155 Å². The maximum atomic E-state index is 12.9. The standard InChI is InChI=1S/C47H82O15/c1-3-5-7-9-11-13-15-16-17-18-20-21-23-25-27-29-38(49)57-32-35(60-39(50)30-28-26-24-22-19-14-12-10-8-6-4-2)33-58-46-45(56)43(54)41(52)37(62-46)34-59-47-44(55)42(53)40(51)36(31-48)61-47/h5,7,11,13,16-17,35-37,40-48,51-56H,3-4,6,8-10,12,14-15,18-34H2,1-2H3. The van der Waals surface area contributed by atoms with Crippen LogP contribution >= 0.6 is 0 Å². The Balaban J connectivity index is 1.84. The molecule has 360 valence electrons. The molecule has 2 rings (SSSR count). The normalized spacial score (nSPS) is 27.4. The molecule has 0 aliphatic carbocycles. The summed E-state index contributed by atoms with van der Waals surface area (Å²) in [6, 6.07) is 0. The maximum Gasteiger partial charge on any atom is 0.306 e. The monoisotopic (exact) mass is 887 g/mol. The van der Waals surface area contributed by atoms with Gasteiger partial charge < -0.3 is 64.2 Å². The Morgan fingerprint density at radius 2 is 1.02 bits per heavy atom. The molecule has 0 aromatic carbocycles. The third-order valence-electron chi connectivity index (χ3n) is 11.1. The SMILES string of the molecule is CCC=CCC=CCC=CCCCCCCCC(=O)OCC(COC1OC(COC2OC(CO)C(O)C(O)C2O)C(O)C(O)C1O)OC(=O)CCCCCCCCCCCCC. The highest BCUT2D eigenvalue weighted by molar-refractivity contribution is 5.70. The first-order chi connectivity index (χ1) is 30.0. The molecule has 0 spiro atoms. The van der Waals surface area contributed by atoms with Gasteiger partial charge in [0.25, 0.3) is 0 Å². The summed E-state index contributed by atoms with van der Waals surface area (Å²) in [5.41, 5.74) is 0. The molecular formula is C47H82O15. The first kappa shape index (κ1) is 55.9. The molecule has 62 heavy (non-hydrogen) atoms. The Labute approximate surface area is 370 Å². The lowest BCUT2D eigenvalue weighted by atomic mass is 9.98. The molecule has 0 amide bonds. The number of esters is 2. The van der Waals surface area contributed by atoms with Crippen LogP contribution in [0.4, 0.5) is 0 Å². The highest BCUT2D eigenvalue weighted by atomic mass is 16.7. The Hall–Kier alpha value is -2.28. The van der Waals surface area contributed by atoms with Crippen molar-refractivity contribution in [2.75, 3.05) is 26.4 Å². The molecule has 0 radical (unpaired) electrons. The minimum Gasteiger partial charge on any atom is -0.462 e. The summed E-state index contributed by atoms with van der Waals surface area (Å²) in [6.45, 7) is 2.43. The van der Waals surface area contributed by atoms with Crippen molar-refractivity contribution >= 4 is 11.9 Å². The van der Waals surface area contributed by atoms with Gasteiger partial charge in [0.15, 0.2) is 18.7 Å². The van der Waals surface area contributed by atoms with E-state index in [1.807, 2.05) is 0 Å². The van der Waals surface area contributed by atoms with Gasteiger partial charge in [-0.3, -0.25) is 9.59 Å². The van der Waals surface area contributed by atoms with E-state index in [9.17, 15) is 45.3 Å². The van der Waals surface area contributed by atoms with Crippen LogP contribution in [-0.2, 0) is 38.0 Å². The fourth-order valence-corrected chi connectivity index (χ4v) is 7.23. The van der Waals surface area contributed by atoms with Crippen molar-refractivity contribution in [3.63, 3.8) is 0 Å². The van der Waals surface area contributed by atoms with Crippen molar-refractivity contribution in [2.24, 2.45) is 0 Å². The Kier molecular flexibility index (Phi) is 31.6. The lowest BCUT2D eigenvalue weighted by Crippen LogP contribution is -2.61. The molecule has 2 saturated heterocycles. The van der Waals surface area contributed by atoms with Crippen LogP contribution in [0.2, 0.25) is 0 Å². The number of ether oxygens (including phenoxy) is 6. The molecule has 11 atom stereocenters. The molecule has 0 aromatic heterocycles. The molecular weight excluding hydrogens is 805 g/mol. The molecule has 15 nitrogen and oxygen atoms in total. The number of allylic oxidation sites excluding steroid dienone is 6. The Bertz CT molecular complexity index is 1230. The smallest absolute Gasteiger partial charge is 0.306 e. The van der Waals surface area contributed by atoms with Crippen molar-refractivity contribution in [1.29, 1.82) is 0 Å². The molecule has 2 aliphatic heterocycles. The van der Waals surface area contributed by atoms with Crippen LogP contribution in [0, 0.1) is 0 Å². The van der Waals surface area contributed by atoms with Gasteiger partial charge in [-0.2, -0.15) is 0 Å². The van der Waals surface area contributed by atoms with E-state index in [-0.39, 0.29) is 26.1 Å². The highest BCUT2D eigenvalue weighted by Gasteiger charge is 2.47. The third kappa shape index (κ3) is 23.6. The van der Waals surface area contributed by atoms with E-state index in [1.165, 1.54) is 44.9 Å². The summed E-state index contributed by atoms with van der Waals surface area (Å²) in [6.07, 6.45) is 17.6. The highest BCUT2D eigenvalue weighted by Crippen LogP contribution is 2.26. The van der Waals surface area contributed by atoms with Gasteiger partial charge >= 0.3 is 11.9 Å². The van der Waals surface area contributed by atoms with Crippen molar-refractivity contribution in [3.8, 4) is 0 Å². The average molecular weight is 887 g/mol. The van der Waals surface area contributed by atoms with E-state index in [4.69, 9.17) is 28.4 Å². The molecule has 0 bridgehead atoms. The minimum absolute atomic E-state index is 0.163. The Morgan fingerprint density at radius 3 is 1.60 bits per heavy atom. The van der Waals surface area contributed by atoms with Crippen molar-refractivity contribution in [1.82, 2.24) is 0 Å². The van der Waals surface area contributed by atoms with Crippen molar-refractivity contribution < 1.29 is 73.8 Å². The lowest BCUT2D eigenvalue weighted by Gasteiger charge is -2.42. The Morgan fingerprint density at radius 1 is 0.532 bits per heavy atom. The van der Waals surface area contributed by atoms with Gasteiger partial charge in [0.05, 0.1) is 19.8 Å². The number of carbonyl (C=O) groups excluding carboxylic acids is 2. The minimum atomic E-state index is -1.76. The number of aliphatic hydroxyl groups is 7. The maximum absolute atomic E-state index is 12.9. The zero-order valence-corrected chi connectivity index (χ0v) is 37.6. The quantitative estimate of drug-likeness (QED) is 0.0241. The second-order valence-corrected chi connectivity index (χ2v) is 16.6. The van der Waals surface area contributed by atoms with Crippen LogP contribution < -0.4 is 0 Å². The largest absolute Gasteiger partial charge is 0.462 e. The van der Waals surface area contributed by atoms with E-state index < -0.39 is 92.7 Å². The number of aliphatic hydroxyl groups excluding tert-OH is 7. The van der Waals surface area contributed by atoms with Gasteiger partial charge in [0.2, 0.25) is 0 Å². The van der Waals surface area contributed by atoms with Gasteiger partial charge in [-0.15, -0.1) is 0 Å². The van der Waals surface area contributed by atoms with E-state index in [2.05, 4.69) is 50.3 Å². The summed E-state index contributed by atoms with van der Waals surface area (Å²) in [5, 5.41) is 71.9. The van der Waals surface area contributed by atoms with Gasteiger partial charge in [0.1, 0.15) is 55.4 Å². The van der Waals surface area contributed by atoms with Crippen LogP contribution in [0.15, 0.2) is 36.5 Å². The number of hydrogen-bond acceptors (Lipinski definition) is 15. The molecule has 11 unspecified atom stereocenters. The van der Waals surface area contributed by atoms with Gasteiger partial charge in [0, 0.05) is 12.8 Å². The summed E-state index contributed by atoms with van der Waals surface area (Å²) >= 11 is 0. The van der Waals surface area contributed by atoms with E-state index in [0.717, 1.165) is 70.6 Å². The first-order valence-corrected chi connectivity index (χ1v) is 23.6. The predicted octanol–water partition coefficient (Wildman–Crippen LogP) is 5.37. The number of hydrogen-bond donors (Lipinski definition) is 7. The summed E-state index contributed by atoms with van der Waals surface area (Å²) in [7, 11) is 0. The fourth-order valence-electron chi connectivity index (χ4n) is 7.23. The lowest BCUT2D eigenvalue weighted by molar-refractivity contribution is -0.332. The molecule has 2 heterocycles. The van der Waals surface area contributed by atoms with Crippen LogP contribution in [0.3, 0.4) is 0 Å². The van der Waals surface area contributed by atoms with Crippen molar-refractivity contribution in [3.05, 3.63) is 36.5 Å². The van der Waals surface area contributed by atoms with Crippen LogP contribution in [-0.4, -0.2) is 142 Å². The third-order valence-corrected chi connectivity index (χ3v) is 11.1. The topological polar surface area (TPSA) is 231 Å². The number of rotatable bonds is 35. The van der Waals surface area contributed by atoms with E-state index >= 15 is 0 Å². The molecule has 2 aliphatic rings. The zero-order valence-electron chi connectivity index (χ0n) is 37.6. The van der Waals surface area contributed by atoms with E-state index in [0.29, 0.717) is 12.8 Å². The molecule has 2 fully saturated rings. The van der Waals surface area contributed by atoms with Gasteiger partial charge in [-0.05, 0) is 44.9 Å².